The van der Waals surface area contributed by atoms with E-state index in [-0.39, 0.29) is 0 Å². The molecule has 0 amide bonds. The van der Waals surface area contributed by atoms with Gasteiger partial charge < -0.3 is 16.4 Å². The number of thiocarbonyl (C=S) groups is 2. The molecule has 90 valence electrons. The third kappa shape index (κ3) is 5.79. The standard InChI is InChI=1S/C10H18N4S2/c1-3-6-12-9(15)14(8-5-11)10(16)13-7-4-2/h3-4H,1-2,5-8,11H2,(H,12,15)(H,13,16). The molecule has 6 heteroatoms. The zero-order valence-electron chi connectivity index (χ0n) is 9.24. The quantitative estimate of drug-likeness (QED) is 0.473. The smallest absolute Gasteiger partial charge is 0.175 e. The van der Waals surface area contributed by atoms with Gasteiger partial charge in [-0.1, -0.05) is 12.2 Å². The molecule has 0 radical (unpaired) electrons. The Labute approximate surface area is 108 Å². The van der Waals surface area contributed by atoms with Crippen molar-refractivity contribution >= 4 is 34.7 Å². The van der Waals surface area contributed by atoms with Crippen LogP contribution in [0.15, 0.2) is 25.3 Å². The molecule has 0 aliphatic rings. The normalized spacial score (nSPS) is 9.06. The maximum absolute atomic E-state index is 5.51. The van der Waals surface area contributed by atoms with Crippen molar-refractivity contribution in [2.75, 3.05) is 26.2 Å². The van der Waals surface area contributed by atoms with Crippen molar-refractivity contribution in [3.05, 3.63) is 25.3 Å². The lowest BCUT2D eigenvalue weighted by atomic mass is 10.5. The van der Waals surface area contributed by atoms with Gasteiger partial charge in [0.15, 0.2) is 10.2 Å². The number of nitrogens with zero attached hydrogens (tertiary/aromatic N) is 1. The molecular formula is C10H18N4S2. The van der Waals surface area contributed by atoms with E-state index < -0.39 is 0 Å². The Bertz CT molecular complexity index is 242. The van der Waals surface area contributed by atoms with E-state index in [1.54, 1.807) is 17.1 Å². The van der Waals surface area contributed by atoms with Crippen LogP contribution in [0, 0.1) is 0 Å². The lowest BCUT2D eigenvalue weighted by Crippen LogP contribution is -2.50. The molecule has 0 saturated carbocycles. The van der Waals surface area contributed by atoms with Crippen LogP contribution >= 0.6 is 24.4 Å². The van der Waals surface area contributed by atoms with Gasteiger partial charge in [-0.2, -0.15) is 0 Å². The maximum atomic E-state index is 5.51. The predicted octanol–water partition coefficient (Wildman–Crippen LogP) is 0.368. The van der Waals surface area contributed by atoms with Crippen molar-refractivity contribution in [1.82, 2.24) is 15.5 Å². The summed E-state index contributed by atoms with van der Waals surface area (Å²) in [4.78, 5) is 1.75. The van der Waals surface area contributed by atoms with Gasteiger partial charge >= 0.3 is 0 Å². The van der Waals surface area contributed by atoms with Crippen LogP contribution in [0.2, 0.25) is 0 Å². The highest BCUT2D eigenvalue weighted by Gasteiger charge is 2.12. The first-order valence-electron chi connectivity index (χ1n) is 4.92. The van der Waals surface area contributed by atoms with Crippen LogP contribution in [0.1, 0.15) is 0 Å². The van der Waals surface area contributed by atoms with Gasteiger partial charge in [-0.3, -0.25) is 4.90 Å². The Morgan fingerprint density at radius 2 is 1.56 bits per heavy atom. The Hall–Kier alpha value is -0.980. The summed E-state index contributed by atoms with van der Waals surface area (Å²) in [5.41, 5.74) is 5.51. The highest BCUT2D eigenvalue weighted by Crippen LogP contribution is 1.92. The van der Waals surface area contributed by atoms with Crippen molar-refractivity contribution in [3.8, 4) is 0 Å². The first-order valence-corrected chi connectivity index (χ1v) is 5.74. The molecule has 0 atom stereocenters. The number of nitrogens with two attached hydrogens (primary N) is 1. The summed E-state index contributed by atoms with van der Waals surface area (Å²) in [6.45, 7) is 9.47. The fourth-order valence-corrected chi connectivity index (χ4v) is 1.52. The van der Waals surface area contributed by atoms with Crippen LogP contribution in [0.25, 0.3) is 0 Å². The van der Waals surface area contributed by atoms with Crippen LogP contribution in [0.4, 0.5) is 0 Å². The van der Waals surface area contributed by atoms with Crippen molar-refractivity contribution in [1.29, 1.82) is 0 Å². The second-order valence-corrected chi connectivity index (χ2v) is 3.66. The predicted molar refractivity (Wildman–Crippen MR) is 77.4 cm³/mol. The fourth-order valence-electron chi connectivity index (χ4n) is 0.934. The molecule has 0 spiro atoms. The SMILES string of the molecule is C=CCNC(=S)N(CCN)C(=S)NCC=C. The summed E-state index contributed by atoms with van der Waals surface area (Å²) in [6, 6.07) is 0. The van der Waals surface area contributed by atoms with Crippen molar-refractivity contribution in [2.24, 2.45) is 5.73 Å². The molecular weight excluding hydrogens is 240 g/mol. The van der Waals surface area contributed by atoms with Gasteiger partial charge in [0.1, 0.15) is 0 Å². The number of nitrogens with one attached hydrogen (secondary N) is 2. The van der Waals surface area contributed by atoms with Gasteiger partial charge in [0, 0.05) is 26.2 Å². The summed E-state index contributed by atoms with van der Waals surface area (Å²) >= 11 is 10.4. The molecule has 4 nitrogen and oxygen atoms in total. The van der Waals surface area contributed by atoms with E-state index in [1.807, 2.05) is 0 Å². The van der Waals surface area contributed by atoms with Crippen LogP contribution in [-0.4, -0.2) is 41.3 Å². The van der Waals surface area contributed by atoms with Gasteiger partial charge in [-0.15, -0.1) is 13.2 Å². The van der Waals surface area contributed by atoms with Crippen LogP contribution in [-0.2, 0) is 0 Å². The Kier molecular flexibility index (Phi) is 8.69. The Balaban J connectivity index is 4.32. The minimum atomic E-state index is 0.478. The molecule has 0 unspecified atom stereocenters. The summed E-state index contributed by atoms with van der Waals surface area (Å²) < 4.78 is 0. The molecule has 0 rings (SSSR count). The summed E-state index contributed by atoms with van der Waals surface area (Å²) in [5.74, 6) is 0. The molecule has 0 aliphatic carbocycles. The molecule has 0 aromatic heterocycles. The van der Waals surface area contributed by atoms with E-state index >= 15 is 0 Å². The number of rotatable bonds is 6. The minimum absolute atomic E-state index is 0.478. The average molecular weight is 258 g/mol. The fraction of sp³-hybridized carbons (Fsp3) is 0.400. The van der Waals surface area contributed by atoms with E-state index in [2.05, 4.69) is 23.8 Å². The molecule has 0 bridgehead atoms. The molecule has 0 aromatic carbocycles. The molecule has 0 aromatic rings. The second-order valence-electron chi connectivity index (χ2n) is 2.89. The van der Waals surface area contributed by atoms with E-state index in [0.29, 0.717) is 36.4 Å². The van der Waals surface area contributed by atoms with Gasteiger partial charge in [-0.05, 0) is 24.4 Å². The van der Waals surface area contributed by atoms with Crippen LogP contribution < -0.4 is 16.4 Å². The number of hydrogen-bond donors (Lipinski definition) is 3. The van der Waals surface area contributed by atoms with E-state index in [4.69, 9.17) is 30.2 Å². The first-order chi connectivity index (χ1) is 7.67. The Morgan fingerprint density at radius 1 is 1.12 bits per heavy atom. The van der Waals surface area contributed by atoms with Gasteiger partial charge in [0.25, 0.3) is 0 Å². The third-order valence-electron chi connectivity index (χ3n) is 1.64. The van der Waals surface area contributed by atoms with Crippen molar-refractivity contribution in [2.45, 2.75) is 0 Å². The maximum Gasteiger partial charge on any atom is 0.175 e. The highest BCUT2D eigenvalue weighted by atomic mass is 32.1. The average Bonchev–Trinajstić information content (AvgIpc) is 2.29. The topological polar surface area (TPSA) is 53.3 Å². The largest absolute Gasteiger partial charge is 0.359 e. The monoisotopic (exact) mass is 258 g/mol. The lowest BCUT2D eigenvalue weighted by Gasteiger charge is -2.25. The molecule has 4 N–H and O–H groups in total. The van der Waals surface area contributed by atoms with Crippen molar-refractivity contribution in [3.63, 3.8) is 0 Å². The summed E-state index contributed by atoms with van der Waals surface area (Å²) in [7, 11) is 0. The molecule has 0 aliphatic heterocycles. The second kappa shape index (κ2) is 9.26. The summed E-state index contributed by atoms with van der Waals surface area (Å²) in [6.07, 6.45) is 3.46. The Morgan fingerprint density at radius 3 is 1.88 bits per heavy atom. The zero-order valence-corrected chi connectivity index (χ0v) is 10.9. The molecule has 0 heterocycles. The third-order valence-corrected chi connectivity index (χ3v) is 2.37. The van der Waals surface area contributed by atoms with Crippen LogP contribution in [0.5, 0.6) is 0 Å². The first kappa shape index (κ1) is 15.0. The van der Waals surface area contributed by atoms with E-state index in [9.17, 15) is 0 Å². The lowest BCUT2D eigenvalue weighted by molar-refractivity contribution is 0.591. The van der Waals surface area contributed by atoms with Gasteiger partial charge in [0.05, 0.1) is 0 Å². The van der Waals surface area contributed by atoms with Gasteiger partial charge in [0.2, 0.25) is 0 Å². The summed E-state index contributed by atoms with van der Waals surface area (Å²) in [5, 5.41) is 7.11. The zero-order chi connectivity index (χ0) is 12.4. The number of hydrogen-bond acceptors (Lipinski definition) is 3. The van der Waals surface area contributed by atoms with E-state index in [0.717, 1.165) is 0 Å². The molecule has 0 fully saturated rings. The van der Waals surface area contributed by atoms with E-state index in [1.165, 1.54) is 0 Å². The molecule has 16 heavy (non-hydrogen) atoms. The van der Waals surface area contributed by atoms with Gasteiger partial charge in [-0.25, -0.2) is 0 Å². The minimum Gasteiger partial charge on any atom is -0.359 e. The highest BCUT2D eigenvalue weighted by molar-refractivity contribution is 7.81. The molecule has 0 saturated heterocycles. The van der Waals surface area contributed by atoms with Crippen LogP contribution in [0.3, 0.4) is 0 Å². The van der Waals surface area contributed by atoms with Crippen molar-refractivity contribution < 1.29 is 0 Å².